The fourth-order valence-corrected chi connectivity index (χ4v) is 4.43. The SMILES string of the molecule is CC(C)(C)NC(=O)CN1CC2(CC(CNC(=O)c3cccc(Cl)c3F)C2)C1. The van der Waals surface area contributed by atoms with Crippen LogP contribution in [0, 0.1) is 17.2 Å². The number of hydrogen-bond acceptors (Lipinski definition) is 3. The molecule has 0 aromatic heterocycles. The molecule has 1 aromatic carbocycles. The summed E-state index contributed by atoms with van der Waals surface area (Å²) in [5.74, 6) is -0.638. The second-order valence-corrected chi connectivity index (χ2v) is 9.44. The Morgan fingerprint density at radius 3 is 2.59 bits per heavy atom. The van der Waals surface area contributed by atoms with Crippen LogP contribution in [0.1, 0.15) is 44.0 Å². The Balaban J connectivity index is 1.37. The van der Waals surface area contributed by atoms with Crippen LogP contribution in [0.15, 0.2) is 18.2 Å². The summed E-state index contributed by atoms with van der Waals surface area (Å²) in [6.45, 7) is 8.76. The molecule has 1 spiro atoms. The monoisotopic (exact) mass is 395 g/mol. The van der Waals surface area contributed by atoms with Gasteiger partial charge in [0.2, 0.25) is 5.91 Å². The molecule has 1 aliphatic heterocycles. The molecular weight excluding hydrogens is 369 g/mol. The topological polar surface area (TPSA) is 61.4 Å². The van der Waals surface area contributed by atoms with Crippen molar-refractivity contribution in [1.29, 1.82) is 0 Å². The van der Waals surface area contributed by atoms with Gasteiger partial charge in [0.25, 0.3) is 5.91 Å². The third-order valence-corrected chi connectivity index (χ3v) is 5.48. The molecule has 2 N–H and O–H groups in total. The first-order chi connectivity index (χ1) is 12.6. The van der Waals surface area contributed by atoms with Crippen molar-refractivity contribution in [2.75, 3.05) is 26.2 Å². The maximum atomic E-state index is 13.9. The van der Waals surface area contributed by atoms with Crippen molar-refractivity contribution in [2.45, 2.75) is 39.2 Å². The largest absolute Gasteiger partial charge is 0.352 e. The minimum Gasteiger partial charge on any atom is -0.352 e. The van der Waals surface area contributed by atoms with E-state index in [2.05, 4.69) is 15.5 Å². The van der Waals surface area contributed by atoms with Crippen molar-refractivity contribution in [3.63, 3.8) is 0 Å². The molecule has 0 radical (unpaired) electrons. The predicted octanol–water partition coefficient (Wildman–Crippen LogP) is 2.84. The fraction of sp³-hybridized carbons (Fsp3) is 0.600. The van der Waals surface area contributed by atoms with Gasteiger partial charge >= 0.3 is 0 Å². The first-order valence-corrected chi connectivity index (χ1v) is 9.70. The molecule has 3 rings (SSSR count). The van der Waals surface area contributed by atoms with Crippen molar-refractivity contribution in [1.82, 2.24) is 15.5 Å². The molecule has 1 heterocycles. The van der Waals surface area contributed by atoms with Gasteiger partial charge < -0.3 is 10.6 Å². The summed E-state index contributed by atoms with van der Waals surface area (Å²) in [5.41, 5.74) is 0.0665. The van der Waals surface area contributed by atoms with Crippen LogP contribution in [-0.2, 0) is 4.79 Å². The van der Waals surface area contributed by atoms with Gasteiger partial charge in [0.15, 0.2) is 5.82 Å². The molecule has 2 aliphatic rings. The lowest BCUT2D eigenvalue weighted by Gasteiger charge is -2.59. The highest BCUT2D eigenvalue weighted by atomic mass is 35.5. The van der Waals surface area contributed by atoms with E-state index in [0.717, 1.165) is 25.9 Å². The van der Waals surface area contributed by atoms with E-state index in [9.17, 15) is 14.0 Å². The van der Waals surface area contributed by atoms with Gasteiger partial charge in [-0.3, -0.25) is 14.5 Å². The van der Waals surface area contributed by atoms with Crippen LogP contribution in [0.4, 0.5) is 4.39 Å². The van der Waals surface area contributed by atoms with Crippen LogP contribution in [0.2, 0.25) is 5.02 Å². The standard InChI is InChI=1S/C20H27ClFN3O2/c1-19(2,3)24-16(26)10-25-11-20(12-25)7-13(8-20)9-23-18(27)14-5-4-6-15(21)17(14)22/h4-6,13H,7-12H2,1-3H3,(H,23,27)(H,24,26). The van der Waals surface area contributed by atoms with E-state index in [1.54, 1.807) is 6.07 Å². The Hall–Kier alpha value is -1.66. The molecule has 5 nitrogen and oxygen atoms in total. The number of carbonyl (C=O) groups excluding carboxylic acids is 2. The molecule has 0 unspecified atom stereocenters. The predicted molar refractivity (Wildman–Crippen MR) is 103 cm³/mol. The molecule has 27 heavy (non-hydrogen) atoms. The molecule has 0 bridgehead atoms. The van der Waals surface area contributed by atoms with E-state index in [4.69, 9.17) is 11.6 Å². The molecule has 2 fully saturated rings. The van der Waals surface area contributed by atoms with Crippen LogP contribution in [0.3, 0.4) is 0 Å². The summed E-state index contributed by atoms with van der Waals surface area (Å²) in [7, 11) is 0. The van der Waals surface area contributed by atoms with Crippen LogP contribution in [-0.4, -0.2) is 48.4 Å². The molecule has 148 valence electrons. The van der Waals surface area contributed by atoms with E-state index in [0.29, 0.717) is 24.4 Å². The minimum atomic E-state index is -0.676. The maximum absolute atomic E-state index is 13.9. The molecule has 1 aliphatic carbocycles. The van der Waals surface area contributed by atoms with Gasteiger partial charge in [0.1, 0.15) is 0 Å². The number of nitrogens with zero attached hydrogens (tertiary/aromatic N) is 1. The highest BCUT2D eigenvalue weighted by molar-refractivity contribution is 6.31. The Morgan fingerprint density at radius 1 is 1.30 bits per heavy atom. The van der Waals surface area contributed by atoms with E-state index >= 15 is 0 Å². The number of likely N-dealkylation sites (tertiary alicyclic amines) is 1. The Labute approximate surface area is 164 Å². The van der Waals surface area contributed by atoms with E-state index < -0.39 is 11.7 Å². The second-order valence-electron chi connectivity index (χ2n) is 9.03. The zero-order valence-electron chi connectivity index (χ0n) is 16.1. The molecule has 1 aromatic rings. The van der Waals surface area contributed by atoms with Gasteiger partial charge in [0, 0.05) is 25.2 Å². The van der Waals surface area contributed by atoms with Gasteiger partial charge in [-0.25, -0.2) is 4.39 Å². The summed E-state index contributed by atoms with van der Waals surface area (Å²) >= 11 is 5.72. The highest BCUT2D eigenvalue weighted by Crippen LogP contribution is 2.51. The summed E-state index contributed by atoms with van der Waals surface area (Å²) in [4.78, 5) is 26.3. The van der Waals surface area contributed by atoms with E-state index in [-0.39, 0.29) is 22.0 Å². The Bertz CT molecular complexity index is 733. The van der Waals surface area contributed by atoms with Gasteiger partial charge in [-0.15, -0.1) is 0 Å². The van der Waals surface area contributed by atoms with Gasteiger partial charge in [-0.05, 0) is 57.1 Å². The normalized spacial score (nSPS) is 19.3. The third kappa shape index (κ3) is 4.79. The number of carbonyl (C=O) groups is 2. The van der Waals surface area contributed by atoms with Crippen LogP contribution >= 0.6 is 11.6 Å². The number of halogens is 2. The average molecular weight is 396 g/mol. The van der Waals surface area contributed by atoms with Gasteiger partial charge in [-0.1, -0.05) is 17.7 Å². The Morgan fingerprint density at radius 2 is 1.96 bits per heavy atom. The lowest BCUT2D eigenvalue weighted by atomic mass is 9.57. The lowest BCUT2D eigenvalue weighted by molar-refractivity contribution is -0.133. The second kappa shape index (κ2) is 7.40. The molecular formula is C20H27ClFN3O2. The van der Waals surface area contributed by atoms with Crippen LogP contribution in [0.5, 0.6) is 0 Å². The zero-order valence-corrected chi connectivity index (χ0v) is 16.8. The molecule has 7 heteroatoms. The lowest BCUT2D eigenvalue weighted by Crippen LogP contribution is -2.64. The van der Waals surface area contributed by atoms with Gasteiger partial charge in [-0.2, -0.15) is 0 Å². The first-order valence-electron chi connectivity index (χ1n) is 9.32. The van der Waals surface area contributed by atoms with Crippen molar-refractivity contribution in [3.05, 3.63) is 34.6 Å². The number of nitrogens with one attached hydrogen (secondary N) is 2. The van der Waals surface area contributed by atoms with Crippen molar-refractivity contribution < 1.29 is 14.0 Å². The van der Waals surface area contributed by atoms with Crippen molar-refractivity contribution in [2.24, 2.45) is 11.3 Å². The smallest absolute Gasteiger partial charge is 0.254 e. The molecule has 0 atom stereocenters. The minimum absolute atomic E-state index is 0.0174. The van der Waals surface area contributed by atoms with E-state index in [1.807, 2.05) is 20.8 Å². The number of rotatable bonds is 5. The summed E-state index contributed by atoms with van der Waals surface area (Å²) < 4.78 is 13.9. The van der Waals surface area contributed by atoms with Crippen LogP contribution < -0.4 is 10.6 Å². The van der Waals surface area contributed by atoms with Gasteiger partial charge in [0.05, 0.1) is 17.1 Å². The average Bonchev–Trinajstić information content (AvgIpc) is 2.47. The van der Waals surface area contributed by atoms with Crippen molar-refractivity contribution >= 4 is 23.4 Å². The molecule has 2 amide bonds. The Kier molecular flexibility index (Phi) is 5.50. The quantitative estimate of drug-likeness (QED) is 0.805. The number of benzene rings is 1. The first kappa shape index (κ1) is 20.1. The zero-order chi connectivity index (χ0) is 19.8. The fourth-order valence-electron chi connectivity index (χ4n) is 4.25. The summed E-state index contributed by atoms with van der Waals surface area (Å²) in [5, 5.41) is 5.74. The van der Waals surface area contributed by atoms with Crippen LogP contribution in [0.25, 0.3) is 0 Å². The summed E-state index contributed by atoms with van der Waals surface area (Å²) in [6.07, 6.45) is 2.06. The van der Waals surface area contributed by atoms with E-state index in [1.165, 1.54) is 12.1 Å². The molecule has 1 saturated heterocycles. The number of hydrogen-bond donors (Lipinski definition) is 2. The van der Waals surface area contributed by atoms with Crippen molar-refractivity contribution in [3.8, 4) is 0 Å². The number of amides is 2. The highest BCUT2D eigenvalue weighted by Gasteiger charge is 2.52. The summed E-state index contributed by atoms with van der Waals surface area (Å²) in [6, 6.07) is 4.43. The maximum Gasteiger partial charge on any atom is 0.254 e. The third-order valence-electron chi connectivity index (χ3n) is 5.19. The molecule has 1 saturated carbocycles.